The number of nitrogens with one attached hydrogen (secondary N) is 1. The number of alkyl halides is 1. The van der Waals surface area contributed by atoms with E-state index < -0.39 is 6.67 Å². The van der Waals surface area contributed by atoms with Crippen molar-refractivity contribution in [1.29, 1.82) is 0 Å². The maximum atomic E-state index is 13.4. The van der Waals surface area contributed by atoms with E-state index in [1.807, 2.05) is 18.4 Å². The van der Waals surface area contributed by atoms with Crippen molar-refractivity contribution in [2.75, 3.05) is 19.8 Å². The minimum absolute atomic E-state index is 0.0556. The maximum Gasteiger partial charge on any atom is 0.220 e. The Hall–Kier alpha value is -1.96. The fourth-order valence-electron chi connectivity index (χ4n) is 4.05. The van der Waals surface area contributed by atoms with Gasteiger partial charge >= 0.3 is 0 Å². The molecule has 2 rings (SSSR count). The summed E-state index contributed by atoms with van der Waals surface area (Å²) in [5.74, 6) is 0.968. The summed E-state index contributed by atoms with van der Waals surface area (Å²) in [6, 6.07) is -0.0728. The second kappa shape index (κ2) is 14.2. The van der Waals surface area contributed by atoms with E-state index in [4.69, 9.17) is 4.99 Å². The van der Waals surface area contributed by atoms with E-state index in [9.17, 15) is 13.7 Å². The largest absolute Gasteiger partial charge is 0.351 e. The smallest absolute Gasteiger partial charge is 0.220 e. The van der Waals surface area contributed by atoms with Gasteiger partial charge in [-0.2, -0.15) is 0 Å². The number of carbonyl (C=O) groups is 1. The number of amidine groups is 1. The molecule has 0 spiro atoms. The van der Waals surface area contributed by atoms with Crippen LogP contribution in [0.15, 0.2) is 45.1 Å². The monoisotopic (exact) mass is 466 g/mol. The van der Waals surface area contributed by atoms with Crippen LogP contribution >= 0.6 is 11.8 Å². The number of nitrogens with zero attached hydrogens (tertiary/aromatic N) is 3. The average molecular weight is 467 g/mol. The van der Waals surface area contributed by atoms with Gasteiger partial charge in [-0.1, -0.05) is 54.5 Å². The molecule has 0 bridgehead atoms. The van der Waals surface area contributed by atoms with Crippen LogP contribution in [0.25, 0.3) is 0 Å². The Bertz CT molecular complexity index is 776. The van der Waals surface area contributed by atoms with Gasteiger partial charge in [-0.25, -0.2) is 4.39 Å². The molecule has 2 unspecified atom stereocenters. The first-order chi connectivity index (χ1) is 15.5. The number of carbonyl (C=O) groups excluding carboxylic acids is 1. The molecule has 2 aliphatic heterocycles. The van der Waals surface area contributed by atoms with Crippen molar-refractivity contribution < 1.29 is 13.7 Å². The molecule has 0 saturated carbocycles. The summed E-state index contributed by atoms with van der Waals surface area (Å²) in [5.41, 5.74) is 1.67. The molecule has 1 amide bonds. The van der Waals surface area contributed by atoms with Gasteiger partial charge in [0.15, 0.2) is 0 Å². The normalized spacial score (nSPS) is 20.3. The molecule has 8 heteroatoms. The highest BCUT2D eigenvalue weighted by Crippen LogP contribution is 2.33. The molecule has 0 aliphatic carbocycles. The Labute approximate surface area is 195 Å². The number of hydrogen-bond donors (Lipinski definition) is 1. The zero-order valence-corrected chi connectivity index (χ0v) is 20.3. The van der Waals surface area contributed by atoms with Crippen molar-refractivity contribution in [3.05, 3.63) is 34.9 Å². The van der Waals surface area contributed by atoms with Gasteiger partial charge in [0.1, 0.15) is 18.2 Å². The van der Waals surface area contributed by atoms with Crippen molar-refractivity contribution >= 4 is 29.2 Å². The van der Waals surface area contributed by atoms with Gasteiger partial charge in [-0.15, -0.1) is 11.8 Å². The molecule has 1 N–H and O–H groups in total. The van der Waals surface area contributed by atoms with Crippen LogP contribution in [0.3, 0.4) is 0 Å². The first-order valence-corrected chi connectivity index (χ1v) is 12.5. The summed E-state index contributed by atoms with van der Waals surface area (Å²) in [7, 11) is 0. The number of amides is 1. The highest BCUT2D eigenvalue weighted by molar-refractivity contribution is 8.03. The number of fused-ring (bicyclic) bond motifs is 1. The van der Waals surface area contributed by atoms with Crippen molar-refractivity contribution in [3.63, 3.8) is 0 Å². The van der Waals surface area contributed by atoms with Crippen LogP contribution in [0.5, 0.6) is 0 Å². The lowest BCUT2D eigenvalue weighted by Gasteiger charge is -2.31. The van der Waals surface area contributed by atoms with E-state index in [0.29, 0.717) is 31.5 Å². The third-order valence-corrected chi connectivity index (χ3v) is 6.66. The zero-order chi connectivity index (χ0) is 23.3. The fraction of sp³-hybridized carbons (Fsp3) is 0.625. The van der Waals surface area contributed by atoms with Crippen molar-refractivity contribution in [3.8, 4) is 0 Å². The van der Waals surface area contributed by atoms with Crippen molar-refractivity contribution in [2.45, 2.75) is 77.0 Å². The highest BCUT2D eigenvalue weighted by atomic mass is 32.2. The molecule has 1 fully saturated rings. The van der Waals surface area contributed by atoms with E-state index in [1.165, 1.54) is 25.0 Å². The number of rotatable bonds is 13. The van der Waals surface area contributed by atoms with Gasteiger partial charge < -0.3 is 10.2 Å². The number of aliphatic imine (C=N–C) groups is 1. The van der Waals surface area contributed by atoms with Gasteiger partial charge in [0, 0.05) is 30.7 Å². The van der Waals surface area contributed by atoms with Crippen molar-refractivity contribution in [1.82, 2.24) is 10.2 Å². The van der Waals surface area contributed by atoms with E-state index in [0.717, 1.165) is 30.8 Å². The Morgan fingerprint density at radius 2 is 2.16 bits per heavy atom. The summed E-state index contributed by atoms with van der Waals surface area (Å²) in [6.45, 7) is 6.42. The topological polar surface area (TPSA) is 57.1 Å². The second-order valence-corrected chi connectivity index (χ2v) is 9.37. The quantitative estimate of drug-likeness (QED) is 0.279. The van der Waals surface area contributed by atoms with Crippen LogP contribution in [0.1, 0.15) is 65.7 Å². The number of thioether (sulfide) groups is 1. The third-order valence-electron chi connectivity index (χ3n) is 5.61. The predicted molar refractivity (Wildman–Crippen MR) is 131 cm³/mol. The molecule has 5 nitrogen and oxygen atoms in total. The van der Waals surface area contributed by atoms with E-state index in [1.54, 1.807) is 11.8 Å². The number of unbranched alkanes of at least 4 members (excludes halogenated alkanes) is 4. The van der Waals surface area contributed by atoms with Gasteiger partial charge in [-0.05, 0) is 31.8 Å². The van der Waals surface area contributed by atoms with E-state index in [-0.39, 0.29) is 22.9 Å². The molecule has 0 radical (unpaired) electrons. The number of halogens is 2. The Balaban J connectivity index is 2.14. The van der Waals surface area contributed by atoms with Crippen LogP contribution in [0, 0.1) is 0 Å². The van der Waals surface area contributed by atoms with E-state index in [2.05, 4.69) is 29.3 Å². The van der Waals surface area contributed by atoms with E-state index >= 15 is 0 Å². The van der Waals surface area contributed by atoms with Gasteiger partial charge in [0.25, 0.3) is 0 Å². The first kappa shape index (κ1) is 26.3. The van der Waals surface area contributed by atoms with Crippen LogP contribution in [-0.4, -0.2) is 53.4 Å². The lowest BCUT2D eigenvalue weighted by atomic mass is 10.0. The lowest BCUT2D eigenvalue weighted by Crippen LogP contribution is -2.41. The molecule has 178 valence electrons. The van der Waals surface area contributed by atoms with Crippen molar-refractivity contribution in [2.24, 2.45) is 10.2 Å². The summed E-state index contributed by atoms with van der Waals surface area (Å²) < 4.78 is 26.0. The van der Waals surface area contributed by atoms with Crippen LogP contribution in [0.4, 0.5) is 8.87 Å². The molecule has 32 heavy (non-hydrogen) atoms. The number of hydrogen-bond acceptors (Lipinski definition) is 5. The molecule has 0 aromatic heterocycles. The second-order valence-electron chi connectivity index (χ2n) is 8.12. The standard InChI is InChI=1S/C24H36F2N4OS/c1-4-6-7-8-9-12-23(31)28-19-15-22-20(21(29-26)11-10-13-25)16-27-24(30(22)17-19)18(3)32-14-5-2/h5,10-11,14,18-19H,4,6-9,12-13,15-17H2,1-3H3,(H,28,31)/b11-10-,14-5-,29-21?. The Morgan fingerprint density at radius 3 is 2.84 bits per heavy atom. The molecule has 0 aromatic rings. The van der Waals surface area contributed by atoms with Crippen LogP contribution in [0.2, 0.25) is 0 Å². The summed E-state index contributed by atoms with van der Waals surface area (Å²) in [4.78, 5) is 19.3. The first-order valence-electron chi connectivity index (χ1n) is 11.6. The SMILES string of the molecule is C/C=C\SC(C)C1=NCC(C(/C=C\CF)=NF)=C2CC(NC(=O)CCCCCCC)CN12. The summed E-state index contributed by atoms with van der Waals surface area (Å²) >= 11 is 1.66. The van der Waals surface area contributed by atoms with Crippen LogP contribution < -0.4 is 5.32 Å². The molecule has 2 heterocycles. The minimum Gasteiger partial charge on any atom is -0.351 e. The fourth-order valence-corrected chi connectivity index (χ4v) is 4.77. The van der Waals surface area contributed by atoms with Gasteiger partial charge in [0.2, 0.25) is 5.91 Å². The molecular weight excluding hydrogens is 430 g/mol. The summed E-state index contributed by atoms with van der Waals surface area (Å²) in [6.07, 6.45) is 11.2. The molecule has 0 aromatic carbocycles. The lowest BCUT2D eigenvalue weighted by molar-refractivity contribution is -0.121. The maximum absolute atomic E-state index is 13.4. The van der Waals surface area contributed by atoms with Gasteiger partial charge in [0.05, 0.1) is 17.8 Å². The zero-order valence-electron chi connectivity index (χ0n) is 19.4. The molecule has 2 atom stereocenters. The molecular formula is C24H36F2N4OS. The highest BCUT2D eigenvalue weighted by Gasteiger charge is 2.37. The summed E-state index contributed by atoms with van der Waals surface area (Å²) in [5, 5.41) is 8.17. The van der Waals surface area contributed by atoms with Gasteiger partial charge in [-0.3, -0.25) is 9.79 Å². The Kier molecular flexibility index (Phi) is 11.7. The number of allylic oxidation sites excluding steroid dienone is 3. The predicted octanol–water partition coefficient (Wildman–Crippen LogP) is 5.71. The minimum atomic E-state index is -0.687. The average Bonchev–Trinajstić information content (AvgIpc) is 3.21. The Morgan fingerprint density at radius 1 is 1.38 bits per heavy atom. The molecule has 2 aliphatic rings. The third kappa shape index (κ3) is 7.57. The molecule has 1 saturated heterocycles. The van der Waals surface area contributed by atoms with Crippen LogP contribution in [-0.2, 0) is 4.79 Å².